The number of ether oxygens (including phenoxy) is 1. The Balaban J connectivity index is 2.47. The molecule has 0 unspecified atom stereocenters. The number of likely N-dealkylation sites (N-methyl/N-ethyl adjacent to an activating group) is 1. The van der Waals surface area contributed by atoms with Gasteiger partial charge in [0.05, 0.1) is 6.54 Å². The summed E-state index contributed by atoms with van der Waals surface area (Å²) in [5.74, 6) is 0.540. The van der Waals surface area contributed by atoms with Gasteiger partial charge in [0.15, 0.2) is 0 Å². The summed E-state index contributed by atoms with van der Waals surface area (Å²) in [6.07, 6.45) is -4.19. The van der Waals surface area contributed by atoms with Crippen LogP contribution in [-0.2, 0) is 0 Å². The maximum atomic E-state index is 12.3. The number of rotatable bonds is 7. The fourth-order valence-electron chi connectivity index (χ4n) is 1.63. The van der Waals surface area contributed by atoms with Crippen LogP contribution in [0.2, 0.25) is 0 Å². The number of hydrogen-bond acceptors (Lipinski definition) is 3. The number of nitrogens with two attached hydrogens (primary N) is 1. The number of hydrogen-bond donors (Lipinski definition) is 1. The van der Waals surface area contributed by atoms with Crippen molar-refractivity contribution in [2.75, 3.05) is 26.2 Å². The summed E-state index contributed by atoms with van der Waals surface area (Å²) in [6.45, 7) is 1.44. The fraction of sp³-hybridized carbons (Fsp3) is 0.462. The quantitative estimate of drug-likeness (QED) is 0.786. The van der Waals surface area contributed by atoms with Gasteiger partial charge in [0.25, 0.3) is 0 Å². The van der Waals surface area contributed by atoms with Crippen molar-refractivity contribution in [3.8, 4) is 5.75 Å². The van der Waals surface area contributed by atoms with E-state index in [2.05, 4.69) is 0 Å². The molecule has 0 saturated carbocycles. The van der Waals surface area contributed by atoms with Crippen LogP contribution in [0.25, 0.3) is 0 Å². The van der Waals surface area contributed by atoms with Crippen LogP contribution >= 0.6 is 12.2 Å². The van der Waals surface area contributed by atoms with Crippen molar-refractivity contribution in [3.63, 3.8) is 0 Å². The van der Waals surface area contributed by atoms with Gasteiger partial charge in [0, 0.05) is 12.1 Å². The van der Waals surface area contributed by atoms with Crippen LogP contribution in [0.4, 0.5) is 13.2 Å². The summed E-state index contributed by atoms with van der Waals surface area (Å²) < 4.78 is 42.2. The Morgan fingerprint density at radius 3 is 2.65 bits per heavy atom. The molecule has 0 aliphatic heterocycles. The third-order valence-electron chi connectivity index (χ3n) is 2.64. The molecule has 1 aromatic rings. The minimum absolute atomic E-state index is 0.171. The molecule has 0 aliphatic carbocycles. The maximum absolute atomic E-state index is 12.3. The minimum atomic E-state index is -4.19. The molecule has 0 saturated heterocycles. The average Bonchev–Trinajstić information content (AvgIpc) is 2.36. The lowest BCUT2D eigenvalue weighted by molar-refractivity contribution is -0.146. The van der Waals surface area contributed by atoms with Gasteiger partial charge in [0.2, 0.25) is 0 Å². The monoisotopic (exact) mass is 306 g/mol. The van der Waals surface area contributed by atoms with E-state index < -0.39 is 12.7 Å². The first-order chi connectivity index (χ1) is 9.31. The Morgan fingerprint density at radius 2 is 2.10 bits per heavy atom. The third kappa shape index (κ3) is 6.21. The Bertz CT molecular complexity index is 451. The lowest BCUT2D eigenvalue weighted by Gasteiger charge is -2.21. The summed E-state index contributed by atoms with van der Waals surface area (Å²) in [5, 5.41) is 0. The first kappa shape index (κ1) is 16.7. The molecule has 2 N–H and O–H groups in total. The zero-order valence-electron chi connectivity index (χ0n) is 11.1. The Morgan fingerprint density at radius 1 is 1.40 bits per heavy atom. The molecule has 0 aliphatic rings. The van der Waals surface area contributed by atoms with Gasteiger partial charge >= 0.3 is 6.18 Å². The molecule has 0 amide bonds. The van der Waals surface area contributed by atoms with Crippen LogP contribution in [-0.4, -0.2) is 42.3 Å². The van der Waals surface area contributed by atoms with Gasteiger partial charge in [-0.25, -0.2) is 0 Å². The highest BCUT2D eigenvalue weighted by Gasteiger charge is 2.29. The molecular formula is C13H17F3N2OS. The zero-order chi connectivity index (χ0) is 15.2. The van der Waals surface area contributed by atoms with Gasteiger partial charge in [-0.15, -0.1) is 0 Å². The highest BCUT2D eigenvalue weighted by atomic mass is 32.1. The summed E-state index contributed by atoms with van der Waals surface area (Å²) in [7, 11) is 0. The van der Waals surface area contributed by atoms with Crippen LogP contribution in [0.5, 0.6) is 5.75 Å². The first-order valence-corrected chi connectivity index (χ1v) is 6.54. The van der Waals surface area contributed by atoms with Crippen molar-refractivity contribution in [1.29, 1.82) is 0 Å². The van der Waals surface area contributed by atoms with Crippen LogP contribution in [0.15, 0.2) is 24.3 Å². The Labute approximate surface area is 121 Å². The van der Waals surface area contributed by atoms with Crippen LogP contribution in [0.3, 0.4) is 0 Å². The summed E-state index contributed by atoms with van der Waals surface area (Å²) in [4.78, 5) is 1.53. The Hall–Kier alpha value is -1.34. The first-order valence-electron chi connectivity index (χ1n) is 6.13. The van der Waals surface area contributed by atoms with E-state index in [4.69, 9.17) is 22.7 Å². The lowest BCUT2D eigenvalue weighted by atomic mass is 10.2. The standard InChI is InChI=1S/C13H17F3N2OS/c1-2-18(9-13(14,15)16)6-7-19-11-5-3-4-10(8-11)12(17)20/h3-5,8H,2,6-7,9H2,1H3,(H2,17,20). The highest BCUT2D eigenvalue weighted by Crippen LogP contribution is 2.17. The lowest BCUT2D eigenvalue weighted by Crippen LogP contribution is -2.36. The molecule has 20 heavy (non-hydrogen) atoms. The molecular weight excluding hydrogens is 289 g/mol. The molecule has 0 aromatic heterocycles. The van der Waals surface area contributed by atoms with Crippen molar-refractivity contribution in [1.82, 2.24) is 4.90 Å². The maximum Gasteiger partial charge on any atom is 0.401 e. The van der Waals surface area contributed by atoms with Crippen molar-refractivity contribution in [3.05, 3.63) is 29.8 Å². The van der Waals surface area contributed by atoms with E-state index in [1.807, 2.05) is 0 Å². The molecule has 112 valence electrons. The van der Waals surface area contributed by atoms with Crippen molar-refractivity contribution < 1.29 is 17.9 Å². The summed E-state index contributed by atoms with van der Waals surface area (Å²) in [5.41, 5.74) is 6.16. The van der Waals surface area contributed by atoms with Crippen molar-refractivity contribution in [2.45, 2.75) is 13.1 Å². The van der Waals surface area contributed by atoms with E-state index in [1.54, 1.807) is 31.2 Å². The minimum Gasteiger partial charge on any atom is -0.492 e. The highest BCUT2D eigenvalue weighted by molar-refractivity contribution is 7.80. The predicted molar refractivity (Wildman–Crippen MR) is 76.0 cm³/mol. The van der Waals surface area contributed by atoms with Gasteiger partial charge < -0.3 is 10.5 Å². The number of thiocarbonyl (C=S) groups is 1. The van der Waals surface area contributed by atoms with E-state index in [0.29, 0.717) is 17.9 Å². The fourth-order valence-corrected chi connectivity index (χ4v) is 1.76. The topological polar surface area (TPSA) is 38.5 Å². The number of benzene rings is 1. The molecule has 1 rings (SSSR count). The SMILES string of the molecule is CCN(CCOc1cccc(C(N)=S)c1)CC(F)(F)F. The molecule has 0 fully saturated rings. The summed E-state index contributed by atoms with van der Waals surface area (Å²) in [6, 6.07) is 6.86. The zero-order valence-corrected chi connectivity index (χ0v) is 11.9. The predicted octanol–water partition coefficient (Wildman–Crippen LogP) is 2.58. The Kier molecular flexibility index (Phi) is 6.22. The third-order valence-corrected chi connectivity index (χ3v) is 2.88. The molecule has 1 aromatic carbocycles. The molecule has 3 nitrogen and oxygen atoms in total. The van der Waals surface area contributed by atoms with Crippen LogP contribution < -0.4 is 10.5 Å². The summed E-state index contributed by atoms with van der Waals surface area (Å²) >= 11 is 4.84. The van der Waals surface area contributed by atoms with Crippen molar-refractivity contribution in [2.24, 2.45) is 5.73 Å². The second-order valence-corrected chi connectivity index (χ2v) is 4.66. The molecule has 0 atom stereocenters. The van der Waals surface area contributed by atoms with Gasteiger partial charge in [0.1, 0.15) is 17.3 Å². The van der Waals surface area contributed by atoms with E-state index >= 15 is 0 Å². The number of nitrogens with zero attached hydrogens (tertiary/aromatic N) is 1. The van der Waals surface area contributed by atoms with Gasteiger partial charge in [-0.1, -0.05) is 31.3 Å². The molecule has 0 radical (unpaired) electrons. The smallest absolute Gasteiger partial charge is 0.401 e. The molecule has 0 spiro atoms. The second kappa shape index (κ2) is 7.44. The van der Waals surface area contributed by atoms with Gasteiger partial charge in [-0.05, 0) is 18.7 Å². The van der Waals surface area contributed by atoms with E-state index in [-0.39, 0.29) is 18.1 Å². The van der Waals surface area contributed by atoms with Gasteiger partial charge in [-0.3, -0.25) is 4.90 Å². The second-order valence-electron chi connectivity index (χ2n) is 4.22. The van der Waals surface area contributed by atoms with Crippen LogP contribution in [0.1, 0.15) is 12.5 Å². The van der Waals surface area contributed by atoms with E-state index in [9.17, 15) is 13.2 Å². The molecule has 7 heteroatoms. The average molecular weight is 306 g/mol. The number of alkyl halides is 3. The van der Waals surface area contributed by atoms with E-state index in [1.165, 1.54) is 4.90 Å². The largest absolute Gasteiger partial charge is 0.492 e. The van der Waals surface area contributed by atoms with Crippen LogP contribution in [0, 0.1) is 0 Å². The van der Waals surface area contributed by atoms with E-state index in [0.717, 1.165) is 0 Å². The normalized spacial score (nSPS) is 11.7. The molecule has 0 bridgehead atoms. The molecule has 0 heterocycles. The van der Waals surface area contributed by atoms with Crippen molar-refractivity contribution >= 4 is 17.2 Å². The number of halogens is 3. The van der Waals surface area contributed by atoms with Gasteiger partial charge in [-0.2, -0.15) is 13.2 Å².